The summed E-state index contributed by atoms with van der Waals surface area (Å²) >= 11 is 0. The summed E-state index contributed by atoms with van der Waals surface area (Å²) < 4.78 is 10.6. The number of carboxylic acid groups (broad SMARTS) is 1. The zero-order chi connectivity index (χ0) is 23.5. The lowest BCUT2D eigenvalue weighted by Crippen LogP contribution is -2.39. The summed E-state index contributed by atoms with van der Waals surface area (Å²) in [5, 5.41) is 30.4. The monoisotopic (exact) mass is 457 g/mol. The van der Waals surface area contributed by atoms with Gasteiger partial charge in [-0.25, -0.2) is 4.79 Å². The van der Waals surface area contributed by atoms with Crippen molar-refractivity contribution in [1.29, 1.82) is 0 Å². The Morgan fingerprint density at radius 2 is 1.85 bits per heavy atom. The predicted molar refractivity (Wildman–Crippen MR) is 126 cm³/mol. The minimum absolute atomic E-state index is 0.105. The molecule has 2 aromatic carbocycles. The Balaban J connectivity index is 0.000000186. The van der Waals surface area contributed by atoms with E-state index in [1.807, 2.05) is 12.1 Å². The van der Waals surface area contributed by atoms with Gasteiger partial charge in [-0.3, -0.25) is 0 Å². The van der Waals surface area contributed by atoms with Crippen LogP contribution >= 0.6 is 0 Å². The molecule has 4 N–H and O–H groups in total. The number of hydrogen-bond donors (Lipinski definition) is 4. The molecule has 0 saturated heterocycles. The summed E-state index contributed by atoms with van der Waals surface area (Å²) in [6, 6.07) is 16.4. The van der Waals surface area contributed by atoms with Gasteiger partial charge in [-0.2, -0.15) is 0 Å². The third kappa shape index (κ3) is 7.45. The van der Waals surface area contributed by atoms with Crippen LogP contribution in [0.3, 0.4) is 0 Å². The number of rotatable bonds is 9. The van der Waals surface area contributed by atoms with Gasteiger partial charge in [0.05, 0.1) is 6.61 Å². The number of aliphatic hydroxyl groups excluding tert-OH is 2. The molecule has 4 rings (SSSR count). The quantitative estimate of drug-likeness (QED) is 0.457. The molecule has 1 heterocycles. The van der Waals surface area contributed by atoms with Crippen molar-refractivity contribution in [3.63, 3.8) is 0 Å². The second-order valence-electron chi connectivity index (χ2n) is 8.58. The molecule has 3 atom stereocenters. The largest absolute Gasteiger partial charge is 0.489 e. The number of nitrogens with one attached hydrogen (secondary N) is 1. The lowest BCUT2D eigenvalue weighted by atomic mass is 9.85. The van der Waals surface area contributed by atoms with Gasteiger partial charge in [0.1, 0.15) is 0 Å². The number of benzene rings is 2. The zero-order valence-electron chi connectivity index (χ0n) is 19.0. The number of para-hydroxylation sites is 1. The molecule has 1 unspecified atom stereocenters. The highest BCUT2D eigenvalue weighted by Crippen LogP contribution is 2.42. The van der Waals surface area contributed by atoms with Crippen LogP contribution in [0.1, 0.15) is 49.1 Å². The summed E-state index contributed by atoms with van der Waals surface area (Å²) in [4.78, 5) is 10.4. The maximum absolute atomic E-state index is 10.4. The average molecular weight is 458 g/mol. The Morgan fingerprint density at radius 3 is 2.58 bits per heavy atom. The molecule has 1 fully saturated rings. The molecule has 0 spiro atoms. The van der Waals surface area contributed by atoms with Crippen molar-refractivity contribution >= 4 is 5.97 Å². The minimum atomic E-state index is -1.02. The molecule has 0 aromatic heterocycles. The smallest absolute Gasteiger partial charge is 0.341 e. The van der Waals surface area contributed by atoms with E-state index >= 15 is 0 Å². The molecular formula is C26H35NO6. The van der Waals surface area contributed by atoms with Crippen molar-refractivity contribution in [2.75, 3.05) is 26.4 Å². The minimum Gasteiger partial charge on any atom is -0.489 e. The maximum Gasteiger partial charge on any atom is 0.341 e. The van der Waals surface area contributed by atoms with Gasteiger partial charge in [-0.1, -0.05) is 55.3 Å². The summed E-state index contributed by atoms with van der Waals surface area (Å²) in [5.41, 5.74) is 2.30. The second-order valence-corrected chi connectivity index (χ2v) is 8.58. The lowest BCUT2D eigenvalue weighted by molar-refractivity contribution is -0.139. The van der Waals surface area contributed by atoms with E-state index in [-0.39, 0.29) is 19.1 Å². The molecule has 7 heteroatoms. The van der Waals surface area contributed by atoms with Gasteiger partial charge in [0.15, 0.2) is 18.1 Å². The summed E-state index contributed by atoms with van der Waals surface area (Å²) in [5.74, 6) is 0.644. The van der Waals surface area contributed by atoms with Gasteiger partial charge >= 0.3 is 5.97 Å². The third-order valence-electron chi connectivity index (χ3n) is 6.26. The molecule has 0 bridgehead atoms. The number of aliphatic carboxylic acids is 1. The molecule has 2 aliphatic rings. The Kier molecular flexibility index (Phi) is 10.00. The van der Waals surface area contributed by atoms with Crippen molar-refractivity contribution < 1.29 is 29.6 Å². The molecular weight excluding hydrogens is 422 g/mol. The number of carbonyl (C=O) groups is 1. The van der Waals surface area contributed by atoms with Crippen molar-refractivity contribution in [2.45, 2.75) is 50.6 Å². The molecule has 7 nitrogen and oxygen atoms in total. The van der Waals surface area contributed by atoms with E-state index in [9.17, 15) is 9.90 Å². The van der Waals surface area contributed by atoms with E-state index in [4.69, 9.17) is 19.7 Å². The molecule has 0 amide bonds. The van der Waals surface area contributed by atoms with E-state index in [1.54, 1.807) is 12.1 Å². The van der Waals surface area contributed by atoms with Crippen molar-refractivity contribution in [2.24, 2.45) is 5.92 Å². The number of aliphatic hydroxyl groups is 2. The number of ether oxygens (including phenoxy) is 2. The summed E-state index contributed by atoms with van der Waals surface area (Å²) in [7, 11) is 0. The highest BCUT2D eigenvalue weighted by atomic mass is 16.5. The number of hydrogen-bond acceptors (Lipinski definition) is 6. The molecule has 180 valence electrons. The van der Waals surface area contributed by atoms with Crippen molar-refractivity contribution in [3.05, 3.63) is 59.7 Å². The predicted octanol–water partition coefficient (Wildman–Crippen LogP) is 3.34. The van der Waals surface area contributed by atoms with Crippen LogP contribution in [0, 0.1) is 5.92 Å². The van der Waals surface area contributed by atoms with E-state index < -0.39 is 5.97 Å². The van der Waals surface area contributed by atoms with Crippen molar-refractivity contribution in [1.82, 2.24) is 5.32 Å². The van der Waals surface area contributed by atoms with Crippen LogP contribution in [-0.4, -0.2) is 53.8 Å². The number of fused-ring (bicyclic) bond motifs is 1. The average Bonchev–Trinajstić information content (AvgIpc) is 3.26. The summed E-state index contributed by atoms with van der Waals surface area (Å²) in [6.45, 7) is 1.47. The fourth-order valence-corrected chi connectivity index (χ4v) is 4.47. The standard InChI is InChI=1S/C14H21NO.C12H14O5/c16-11-13-8-4-5-9-14(13)15-10-12-6-2-1-3-7-12;13-5-4-8-6-17-12-9(8)2-1-3-10(12)16-7-11(14)15/h1-3,6-7,13-16H,4-5,8-11H2;1-3,8,13H,4-7H2,(H,14,15)/t13-,14-;/m0./s1. The van der Waals surface area contributed by atoms with Gasteiger partial charge in [0.25, 0.3) is 0 Å². The SMILES string of the molecule is O=C(O)COc1cccc2c1OCC2CCO.OC[C@@H]1CCCC[C@@H]1NCc1ccccc1. The van der Waals surface area contributed by atoms with Crippen LogP contribution in [0.2, 0.25) is 0 Å². The first-order chi connectivity index (χ1) is 16.1. The fourth-order valence-electron chi connectivity index (χ4n) is 4.47. The van der Waals surface area contributed by atoms with Gasteiger partial charge in [-0.15, -0.1) is 0 Å². The van der Waals surface area contributed by atoms with Gasteiger partial charge in [0, 0.05) is 37.3 Å². The Labute approximate surface area is 195 Å². The third-order valence-corrected chi connectivity index (χ3v) is 6.26. The first kappa shape index (κ1) is 25.0. The van der Waals surface area contributed by atoms with Gasteiger partial charge < -0.3 is 30.1 Å². The van der Waals surface area contributed by atoms with Crippen LogP contribution in [0.4, 0.5) is 0 Å². The van der Waals surface area contributed by atoms with Crippen LogP contribution in [0.5, 0.6) is 11.5 Å². The van der Waals surface area contributed by atoms with E-state index in [1.165, 1.54) is 31.2 Å². The second kappa shape index (κ2) is 13.2. The van der Waals surface area contributed by atoms with Crippen molar-refractivity contribution in [3.8, 4) is 11.5 Å². The molecule has 0 radical (unpaired) electrons. The molecule has 1 aliphatic carbocycles. The normalized spacial score (nSPS) is 21.3. The molecule has 33 heavy (non-hydrogen) atoms. The fraction of sp³-hybridized carbons (Fsp3) is 0.500. The van der Waals surface area contributed by atoms with Crippen LogP contribution in [-0.2, 0) is 11.3 Å². The molecule has 2 aromatic rings. The molecule has 1 saturated carbocycles. The highest BCUT2D eigenvalue weighted by molar-refractivity contribution is 5.68. The lowest BCUT2D eigenvalue weighted by Gasteiger charge is -2.31. The Morgan fingerprint density at radius 1 is 1.06 bits per heavy atom. The molecule has 1 aliphatic heterocycles. The first-order valence-electron chi connectivity index (χ1n) is 11.7. The first-order valence-corrected chi connectivity index (χ1v) is 11.7. The highest BCUT2D eigenvalue weighted by Gasteiger charge is 2.27. The van der Waals surface area contributed by atoms with Crippen LogP contribution in [0.15, 0.2) is 48.5 Å². The van der Waals surface area contributed by atoms with E-state index in [2.05, 4.69) is 29.6 Å². The topological polar surface area (TPSA) is 108 Å². The maximum atomic E-state index is 10.4. The van der Waals surface area contributed by atoms with E-state index in [0.717, 1.165) is 12.1 Å². The number of carboxylic acids is 1. The Hall–Kier alpha value is -2.61. The van der Waals surface area contributed by atoms with E-state index in [0.29, 0.717) is 43.1 Å². The van der Waals surface area contributed by atoms with Gasteiger partial charge in [-0.05, 0) is 36.8 Å². The van der Waals surface area contributed by atoms with Crippen LogP contribution < -0.4 is 14.8 Å². The Bertz CT molecular complexity index is 859. The summed E-state index contributed by atoms with van der Waals surface area (Å²) in [6.07, 6.45) is 5.58. The zero-order valence-corrected chi connectivity index (χ0v) is 19.0. The van der Waals surface area contributed by atoms with Gasteiger partial charge in [0.2, 0.25) is 0 Å². The van der Waals surface area contributed by atoms with Crippen LogP contribution in [0.25, 0.3) is 0 Å².